The SMILES string of the molecule is CCOC(=O)C1=C(C2CCc3nn(CCC(=O)O)cc3C2)NC(c2nccs2)=NC1c1ccc(F)cc1Cl. The largest absolute Gasteiger partial charge is 0.481 e. The second-order valence-electron chi connectivity index (χ2n) is 9.00. The van der Waals surface area contributed by atoms with Crippen molar-refractivity contribution >= 4 is 40.7 Å². The molecular weight excluding hydrogens is 533 g/mol. The van der Waals surface area contributed by atoms with E-state index in [1.807, 2.05) is 11.6 Å². The van der Waals surface area contributed by atoms with Crippen LogP contribution in [-0.2, 0) is 33.7 Å². The third-order valence-corrected chi connectivity index (χ3v) is 7.65. The van der Waals surface area contributed by atoms with Gasteiger partial charge in [-0.05, 0) is 43.9 Å². The van der Waals surface area contributed by atoms with Crippen molar-refractivity contribution in [3.8, 4) is 0 Å². The molecule has 3 aromatic rings. The first-order valence-corrected chi connectivity index (χ1v) is 13.5. The van der Waals surface area contributed by atoms with Crippen LogP contribution in [0.3, 0.4) is 0 Å². The first-order valence-electron chi connectivity index (χ1n) is 12.2. The number of ether oxygens (including phenoxy) is 1. The Morgan fingerprint density at radius 3 is 2.92 bits per heavy atom. The van der Waals surface area contributed by atoms with Crippen LogP contribution in [0.5, 0.6) is 0 Å². The Morgan fingerprint density at radius 2 is 2.21 bits per heavy atom. The summed E-state index contributed by atoms with van der Waals surface area (Å²) in [5, 5.41) is 19.6. The van der Waals surface area contributed by atoms with E-state index >= 15 is 0 Å². The Bertz CT molecular complexity index is 1440. The van der Waals surface area contributed by atoms with Crippen LogP contribution in [0.15, 0.2) is 52.2 Å². The van der Waals surface area contributed by atoms with Crippen molar-refractivity contribution in [2.24, 2.45) is 10.9 Å². The number of aromatic nitrogens is 3. The van der Waals surface area contributed by atoms with Gasteiger partial charge in [0.15, 0.2) is 10.8 Å². The van der Waals surface area contributed by atoms with Crippen LogP contribution < -0.4 is 5.32 Å². The zero-order valence-corrected chi connectivity index (χ0v) is 22.1. The van der Waals surface area contributed by atoms with Gasteiger partial charge in [-0.1, -0.05) is 17.7 Å². The number of rotatable bonds is 8. The maximum Gasteiger partial charge on any atom is 0.338 e. The molecule has 0 saturated heterocycles. The zero-order valence-electron chi connectivity index (χ0n) is 20.5. The van der Waals surface area contributed by atoms with Crippen molar-refractivity contribution in [1.29, 1.82) is 0 Å². The molecule has 38 heavy (non-hydrogen) atoms. The molecule has 9 nitrogen and oxygen atoms in total. The topological polar surface area (TPSA) is 119 Å². The quantitative estimate of drug-likeness (QED) is 0.396. The number of halogens is 2. The molecule has 2 atom stereocenters. The highest BCUT2D eigenvalue weighted by Crippen LogP contribution is 2.40. The first-order chi connectivity index (χ1) is 18.3. The number of aliphatic carboxylic acids is 1. The average molecular weight is 558 g/mol. The molecule has 198 valence electrons. The molecule has 0 amide bonds. The molecular formula is C26H25ClFN5O4S. The van der Waals surface area contributed by atoms with Crippen molar-refractivity contribution in [1.82, 2.24) is 20.1 Å². The maximum atomic E-state index is 13.9. The summed E-state index contributed by atoms with van der Waals surface area (Å²) in [5.74, 6) is -1.50. The molecule has 12 heteroatoms. The van der Waals surface area contributed by atoms with Gasteiger partial charge in [0.25, 0.3) is 0 Å². The summed E-state index contributed by atoms with van der Waals surface area (Å²) < 4.78 is 21.0. The lowest BCUT2D eigenvalue weighted by Crippen LogP contribution is -2.38. The third kappa shape index (κ3) is 5.34. The summed E-state index contributed by atoms with van der Waals surface area (Å²) >= 11 is 7.87. The van der Waals surface area contributed by atoms with Crippen LogP contribution in [0, 0.1) is 11.7 Å². The number of nitrogens with one attached hydrogen (secondary N) is 1. The number of nitrogens with zero attached hydrogens (tertiary/aromatic N) is 4. The summed E-state index contributed by atoms with van der Waals surface area (Å²) in [6.45, 7) is 2.19. The number of carboxylic acid groups (broad SMARTS) is 1. The van der Waals surface area contributed by atoms with Crippen LogP contribution in [0.2, 0.25) is 5.02 Å². The van der Waals surface area contributed by atoms with Gasteiger partial charge in [-0.3, -0.25) is 14.5 Å². The van der Waals surface area contributed by atoms with Crippen LogP contribution in [0.4, 0.5) is 4.39 Å². The second kappa shape index (κ2) is 11.0. The number of benzene rings is 1. The van der Waals surface area contributed by atoms with Gasteiger partial charge in [-0.15, -0.1) is 11.3 Å². The van der Waals surface area contributed by atoms with Gasteiger partial charge in [0, 0.05) is 40.0 Å². The van der Waals surface area contributed by atoms with Crippen molar-refractivity contribution in [3.63, 3.8) is 0 Å². The normalized spacial score (nSPS) is 19.0. The van der Waals surface area contributed by atoms with E-state index in [0.717, 1.165) is 11.3 Å². The molecule has 0 spiro atoms. The smallest absolute Gasteiger partial charge is 0.338 e. The summed E-state index contributed by atoms with van der Waals surface area (Å²) in [4.78, 5) is 33.6. The van der Waals surface area contributed by atoms with Crippen LogP contribution in [0.1, 0.15) is 47.6 Å². The standard InChI is InChI=1S/C26H25ClFN5O4S/c1-2-37-26(36)21-22(14-3-6-19-15(11-14)13-33(32-19)9-7-20(34)35)30-24(25-29-8-10-38-25)31-23(21)17-5-4-16(28)12-18(17)27/h4-5,8,10,12-14,23H,2-3,6-7,9,11H2,1H3,(H,30,31)(H,34,35). The van der Waals surface area contributed by atoms with Gasteiger partial charge < -0.3 is 15.2 Å². The lowest BCUT2D eigenvalue weighted by Gasteiger charge is -2.33. The van der Waals surface area contributed by atoms with E-state index in [4.69, 9.17) is 26.4 Å². The molecule has 2 aliphatic rings. The summed E-state index contributed by atoms with van der Waals surface area (Å²) in [5.41, 5.74) is 3.40. The number of hydrogen-bond donors (Lipinski definition) is 2. The highest BCUT2D eigenvalue weighted by molar-refractivity contribution is 7.11. The fourth-order valence-corrected chi connectivity index (χ4v) is 5.71. The maximum absolute atomic E-state index is 13.9. The third-order valence-electron chi connectivity index (χ3n) is 6.55. The van der Waals surface area contributed by atoms with E-state index in [1.165, 1.54) is 23.5 Å². The Labute approximate surface area is 227 Å². The van der Waals surface area contributed by atoms with Crippen LogP contribution >= 0.6 is 22.9 Å². The first kappa shape index (κ1) is 26.1. The molecule has 0 fully saturated rings. The highest BCUT2D eigenvalue weighted by atomic mass is 35.5. The molecule has 2 unspecified atom stereocenters. The van der Waals surface area contributed by atoms with E-state index in [9.17, 15) is 14.0 Å². The molecule has 3 heterocycles. The zero-order chi connectivity index (χ0) is 26.8. The molecule has 0 saturated carbocycles. The van der Waals surface area contributed by atoms with E-state index in [0.29, 0.717) is 46.9 Å². The Morgan fingerprint density at radius 1 is 1.37 bits per heavy atom. The number of allylic oxidation sites excluding steroid dienone is 1. The number of thiazole rings is 1. The monoisotopic (exact) mass is 557 g/mol. The molecule has 2 aromatic heterocycles. The van der Waals surface area contributed by atoms with Crippen molar-refractivity contribution < 1.29 is 23.8 Å². The van der Waals surface area contributed by atoms with Gasteiger partial charge >= 0.3 is 11.9 Å². The van der Waals surface area contributed by atoms with Crippen molar-refractivity contribution in [2.45, 2.75) is 45.2 Å². The average Bonchev–Trinajstić information content (AvgIpc) is 3.56. The minimum Gasteiger partial charge on any atom is -0.481 e. The lowest BCUT2D eigenvalue weighted by atomic mass is 9.81. The van der Waals surface area contributed by atoms with Gasteiger partial charge in [0.2, 0.25) is 0 Å². The minimum absolute atomic E-state index is 0.0164. The number of carbonyl (C=O) groups is 2. The van der Waals surface area contributed by atoms with Gasteiger partial charge in [0.1, 0.15) is 11.9 Å². The molecule has 1 aliphatic heterocycles. The van der Waals surface area contributed by atoms with Gasteiger partial charge in [-0.2, -0.15) is 5.10 Å². The van der Waals surface area contributed by atoms with E-state index in [2.05, 4.69) is 15.4 Å². The molecule has 1 aliphatic carbocycles. The number of aryl methyl sites for hydroxylation is 2. The molecule has 2 N–H and O–H groups in total. The Hall–Kier alpha value is -3.57. The second-order valence-corrected chi connectivity index (χ2v) is 10.3. The highest BCUT2D eigenvalue weighted by Gasteiger charge is 2.38. The van der Waals surface area contributed by atoms with Crippen molar-refractivity contribution in [3.05, 3.63) is 79.9 Å². The number of esters is 1. The number of amidine groups is 1. The fraction of sp³-hybridized carbons (Fsp3) is 0.346. The summed E-state index contributed by atoms with van der Waals surface area (Å²) in [7, 11) is 0. The van der Waals surface area contributed by atoms with E-state index < -0.39 is 23.8 Å². The number of carbonyl (C=O) groups excluding carboxylic acids is 1. The molecule has 0 bridgehead atoms. The predicted molar refractivity (Wildman–Crippen MR) is 140 cm³/mol. The number of aliphatic imine (C=N–C) groups is 1. The Balaban J connectivity index is 1.58. The lowest BCUT2D eigenvalue weighted by molar-refractivity contribution is -0.139. The predicted octanol–water partition coefficient (Wildman–Crippen LogP) is 4.32. The molecule has 5 rings (SSSR count). The summed E-state index contributed by atoms with van der Waals surface area (Å²) in [6.07, 6.45) is 5.48. The Kier molecular flexibility index (Phi) is 7.57. The van der Waals surface area contributed by atoms with Gasteiger partial charge in [0.05, 0.1) is 30.8 Å². The van der Waals surface area contributed by atoms with Crippen LogP contribution in [-0.4, -0.2) is 44.3 Å². The van der Waals surface area contributed by atoms with Crippen LogP contribution in [0.25, 0.3) is 0 Å². The summed E-state index contributed by atoms with van der Waals surface area (Å²) in [6, 6.07) is 3.22. The minimum atomic E-state index is -0.883. The van der Waals surface area contributed by atoms with E-state index in [-0.39, 0.29) is 30.5 Å². The number of fused-ring (bicyclic) bond motifs is 1. The van der Waals surface area contributed by atoms with Crippen molar-refractivity contribution in [2.75, 3.05) is 6.61 Å². The number of carboxylic acids is 1. The van der Waals surface area contributed by atoms with Gasteiger partial charge in [-0.25, -0.2) is 14.2 Å². The molecule has 0 radical (unpaired) electrons. The molecule has 1 aromatic carbocycles. The van der Waals surface area contributed by atoms with E-state index in [1.54, 1.807) is 23.9 Å². The fourth-order valence-electron chi connectivity index (χ4n) is 4.85. The number of hydrogen-bond acceptors (Lipinski definition) is 8.